The number of nitrogens with zero attached hydrogens (tertiary/aromatic N) is 1. The fraction of sp³-hybridized carbons (Fsp3) is 0.353. The van der Waals surface area contributed by atoms with Crippen LogP contribution < -0.4 is 10.1 Å². The zero-order chi connectivity index (χ0) is 17.3. The third kappa shape index (κ3) is 2.63. The van der Waals surface area contributed by atoms with Gasteiger partial charge in [0.15, 0.2) is 0 Å². The number of methoxy groups -OCH3 is 1. The van der Waals surface area contributed by atoms with E-state index in [2.05, 4.69) is 5.32 Å². The molecule has 1 unspecified atom stereocenters. The van der Waals surface area contributed by atoms with E-state index in [0.717, 1.165) is 5.39 Å². The molecule has 2 aromatic rings. The van der Waals surface area contributed by atoms with Crippen molar-refractivity contribution in [3.8, 4) is 5.75 Å². The first kappa shape index (κ1) is 16.7. The molecule has 3 rings (SSSR count). The molecule has 0 radical (unpaired) electrons. The van der Waals surface area contributed by atoms with Crippen molar-refractivity contribution in [2.75, 3.05) is 20.2 Å². The number of carbonyl (C=O) groups is 1. The standard InChI is InChI=1S/C17H20N2O4S/c1-3-14-17(20)18-10-11-19(14)24(21,22)16-9-8-15(23-2)12-6-4-5-7-13(12)16/h4-9,14H,3,10-11H2,1-2H3,(H,18,20). The van der Waals surface area contributed by atoms with Crippen molar-refractivity contribution < 1.29 is 17.9 Å². The minimum absolute atomic E-state index is 0.201. The van der Waals surface area contributed by atoms with E-state index < -0.39 is 16.1 Å². The molecule has 128 valence electrons. The third-order valence-corrected chi connectivity index (χ3v) is 6.29. The van der Waals surface area contributed by atoms with Crippen molar-refractivity contribution in [1.82, 2.24) is 9.62 Å². The van der Waals surface area contributed by atoms with Crippen LogP contribution in [0.25, 0.3) is 10.8 Å². The summed E-state index contributed by atoms with van der Waals surface area (Å²) in [5, 5.41) is 4.05. The number of hydrogen-bond acceptors (Lipinski definition) is 4. The van der Waals surface area contributed by atoms with Gasteiger partial charge in [-0.3, -0.25) is 4.79 Å². The summed E-state index contributed by atoms with van der Waals surface area (Å²) in [6.45, 7) is 2.40. The van der Waals surface area contributed by atoms with Crippen molar-refractivity contribution in [3.63, 3.8) is 0 Å². The first-order valence-corrected chi connectivity index (χ1v) is 9.30. The molecule has 1 aliphatic heterocycles. The van der Waals surface area contributed by atoms with Crippen LogP contribution in [0.15, 0.2) is 41.3 Å². The molecule has 1 fully saturated rings. The quantitative estimate of drug-likeness (QED) is 0.913. The Hall–Kier alpha value is -2.12. The maximum atomic E-state index is 13.2. The molecule has 0 bridgehead atoms. The molecule has 7 heteroatoms. The van der Waals surface area contributed by atoms with Crippen LogP contribution in [0.2, 0.25) is 0 Å². The number of rotatable bonds is 4. The van der Waals surface area contributed by atoms with Gasteiger partial charge in [-0.25, -0.2) is 8.42 Å². The van der Waals surface area contributed by atoms with E-state index >= 15 is 0 Å². The highest BCUT2D eigenvalue weighted by Gasteiger charge is 2.38. The molecular formula is C17H20N2O4S. The number of ether oxygens (including phenoxy) is 1. The Morgan fingerprint density at radius 3 is 2.58 bits per heavy atom. The molecule has 1 heterocycles. The van der Waals surface area contributed by atoms with Gasteiger partial charge in [-0.05, 0) is 18.6 Å². The summed E-state index contributed by atoms with van der Waals surface area (Å²) in [6, 6.07) is 9.74. The Balaban J connectivity index is 2.17. The number of nitrogens with one attached hydrogen (secondary N) is 1. The number of piperazine rings is 1. The molecule has 1 amide bonds. The summed E-state index contributed by atoms with van der Waals surface area (Å²) in [5.41, 5.74) is 0. The Morgan fingerprint density at radius 2 is 1.92 bits per heavy atom. The number of carbonyl (C=O) groups excluding carboxylic acids is 1. The predicted octanol–water partition coefficient (Wildman–Crippen LogP) is 1.75. The molecule has 1 aliphatic rings. The molecule has 1 atom stereocenters. The van der Waals surface area contributed by atoms with Gasteiger partial charge in [-0.1, -0.05) is 31.2 Å². The summed E-state index contributed by atoms with van der Waals surface area (Å²) < 4.78 is 33.1. The molecule has 1 saturated heterocycles. The smallest absolute Gasteiger partial charge is 0.244 e. The number of fused-ring (bicyclic) bond motifs is 1. The first-order chi connectivity index (χ1) is 11.5. The van der Waals surface area contributed by atoms with Crippen molar-refractivity contribution in [2.24, 2.45) is 0 Å². The lowest BCUT2D eigenvalue weighted by Crippen LogP contribution is -2.56. The Morgan fingerprint density at radius 1 is 1.21 bits per heavy atom. The minimum Gasteiger partial charge on any atom is -0.496 e. The summed E-state index contributed by atoms with van der Waals surface area (Å²) in [7, 11) is -2.24. The van der Waals surface area contributed by atoms with Crippen LogP contribution in [0.3, 0.4) is 0 Å². The van der Waals surface area contributed by atoms with E-state index in [0.29, 0.717) is 24.1 Å². The van der Waals surface area contributed by atoms with Gasteiger partial charge in [0.2, 0.25) is 15.9 Å². The number of hydrogen-bond donors (Lipinski definition) is 1. The average molecular weight is 348 g/mol. The number of sulfonamides is 1. The molecule has 24 heavy (non-hydrogen) atoms. The number of amides is 1. The van der Waals surface area contributed by atoms with Crippen LogP contribution in [0.4, 0.5) is 0 Å². The van der Waals surface area contributed by atoms with Crippen LogP contribution in [0.1, 0.15) is 13.3 Å². The molecular weight excluding hydrogens is 328 g/mol. The summed E-state index contributed by atoms with van der Waals surface area (Å²) >= 11 is 0. The lowest BCUT2D eigenvalue weighted by atomic mass is 10.1. The molecule has 2 aromatic carbocycles. The highest BCUT2D eigenvalue weighted by atomic mass is 32.2. The molecule has 0 aromatic heterocycles. The lowest BCUT2D eigenvalue weighted by Gasteiger charge is -2.33. The lowest BCUT2D eigenvalue weighted by molar-refractivity contribution is -0.126. The Kier molecular flexibility index (Phi) is 4.47. The molecule has 1 N–H and O–H groups in total. The number of benzene rings is 2. The van der Waals surface area contributed by atoms with Gasteiger partial charge in [0.1, 0.15) is 11.8 Å². The molecule has 0 spiro atoms. The van der Waals surface area contributed by atoms with Crippen molar-refractivity contribution in [2.45, 2.75) is 24.3 Å². The summed E-state index contributed by atoms with van der Waals surface area (Å²) in [6.07, 6.45) is 0.430. The second-order valence-electron chi connectivity index (χ2n) is 5.64. The van der Waals surface area contributed by atoms with E-state index in [-0.39, 0.29) is 17.3 Å². The monoisotopic (exact) mass is 348 g/mol. The van der Waals surface area contributed by atoms with Crippen molar-refractivity contribution >= 4 is 26.7 Å². The van der Waals surface area contributed by atoms with Gasteiger partial charge in [0.25, 0.3) is 0 Å². The van der Waals surface area contributed by atoms with Gasteiger partial charge in [-0.15, -0.1) is 0 Å². The van der Waals surface area contributed by atoms with Crippen molar-refractivity contribution in [1.29, 1.82) is 0 Å². The Labute approximate surface area is 141 Å². The highest BCUT2D eigenvalue weighted by molar-refractivity contribution is 7.89. The topological polar surface area (TPSA) is 75.7 Å². The van der Waals surface area contributed by atoms with Crippen LogP contribution in [-0.4, -0.2) is 44.9 Å². The van der Waals surface area contributed by atoms with Gasteiger partial charge in [0, 0.05) is 23.9 Å². The average Bonchev–Trinajstić information content (AvgIpc) is 2.60. The van der Waals surface area contributed by atoms with Crippen LogP contribution in [0, 0.1) is 0 Å². The van der Waals surface area contributed by atoms with E-state index in [9.17, 15) is 13.2 Å². The minimum atomic E-state index is -3.79. The van der Waals surface area contributed by atoms with Crippen LogP contribution in [0.5, 0.6) is 5.75 Å². The maximum absolute atomic E-state index is 13.2. The van der Waals surface area contributed by atoms with Crippen LogP contribution >= 0.6 is 0 Å². The molecule has 6 nitrogen and oxygen atoms in total. The van der Waals surface area contributed by atoms with E-state index in [1.807, 2.05) is 19.1 Å². The predicted molar refractivity (Wildman–Crippen MR) is 91.5 cm³/mol. The van der Waals surface area contributed by atoms with E-state index in [1.54, 1.807) is 31.4 Å². The SMILES string of the molecule is CCC1C(=O)NCCN1S(=O)(=O)c1ccc(OC)c2ccccc12. The van der Waals surface area contributed by atoms with Gasteiger partial charge >= 0.3 is 0 Å². The van der Waals surface area contributed by atoms with Crippen molar-refractivity contribution in [3.05, 3.63) is 36.4 Å². The summed E-state index contributed by atoms with van der Waals surface area (Å²) in [4.78, 5) is 12.2. The van der Waals surface area contributed by atoms with Gasteiger partial charge in [-0.2, -0.15) is 4.31 Å². The zero-order valence-electron chi connectivity index (χ0n) is 13.7. The summed E-state index contributed by atoms with van der Waals surface area (Å²) in [5.74, 6) is 0.373. The normalized spacial score (nSPS) is 19.2. The molecule has 0 aliphatic carbocycles. The maximum Gasteiger partial charge on any atom is 0.244 e. The van der Waals surface area contributed by atoms with E-state index in [1.165, 1.54) is 4.31 Å². The second-order valence-corrected chi connectivity index (χ2v) is 7.50. The molecule has 0 saturated carbocycles. The van der Waals surface area contributed by atoms with E-state index in [4.69, 9.17) is 4.74 Å². The van der Waals surface area contributed by atoms with Gasteiger partial charge in [0.05, 0.1) is 12.0 Å². The first-order valence-electron chi connectivity index (χ1n) is 7.86. The Bertz CT molecular complexity index is 879. The second kappa shape index (κ2) is 6.41. The van der Waals surface area contributed by atoms with Gasteiger partial charge < -0.3 is 10.1 Å². The zero-order valence-corrected chi connectivity index (χ0v) is 14.5. The fourth-order valence-electron chi connectivity index (χ4n) is 3.14. The largest absolute Gasteiger partial charge is 0.496 e. The third-order valence-electron chi connectivity index (χ3n) is 4.32. The fourth-order valence-corrected chi connectivity index (χ4v) is 5.00. The highest BCUT2D eigenvalue weighted by Crippen LogP contribution is 2.33. The van der Waals surface area contributed by atoms with Crippen LogP contribution in [-0.2, 0) is 14.8 Å².